The summed E-state index contributed by atoms with van der Waals surface area (Å²) in [5.74, 6) is 1.22. The van der Waals surface area contributed by atoms with Crippen LogP contribution in [0.5, 0.6) is 0 Å². The van der Waals surface area contributed by atoms with E-state index in [1.54, 1.807) is 11.8 Å². The van der Waals surface area contributed by atoms with E-state index in [0.717, 1.165) is 38.4 Å². The second-order valence-corrected chi connectivity index (χ2v) is 3.98. The molecule has 1 N–H and O–H groups in total. The van der Waals surface area contributed by atoms with Crippen LogP contribution in [-0.4, -0.2) is 37.7 Å². The minimum absolute atomic E-state index is 0.163. The molecule has 0 saturated carbocycles. The number of rotatable bonds is 9. The van der Waals surface area contributed by atoms with Crippen LogP contribution in [0, 0.1) is 0 Å². The van der Waals surface area contributed by atoms with Crippen molar-refractivity contribution >= 4 is 17.7 Å². The first kappa shape index (κ1) is 13.8. The van der Waals surface area contributed by atoms with Crippen molar-refractivity contribution in [1.82, 2.24) is 5.32 Å². The van der Waals surface area contributed by atoms with Gasteiger partial charge in [-0.2, -0.15) is 11.8 Å². The van der Waals surface area contributed by atoms with E-state index in [1.165, 1.54) is 0 Å². The third-order valence-electron chi connectivity index (χ3n) is 1.74. The van der Waals surface area contributed by atoms with Crippen LogP contribution in [0.2, 0.25) is 0 Å². The second-order valence-electron chi connectivity index (χ2n) is 3.00. The highest BCUT2D eigenvalue weighted by Gasteiger charge is 1.98. The molecule has 0 radical (unpaired) electrons. The maximum Gasteiger partial charge on any atom is 0.220 e. The first-order chi connectivity index (χ1) is 6.81. The molecule has 0 atom stereocenters. The van der Waals surface area contributed by atoms with Crippen LogP contribution in [0.25, 0.3) is 0 Å². The van der Waals surface area contributed by atoms with Crippen LogP contribution in [0.15, 0.2) is 0 Å². The summed E-state index contributed by atoms with van der Waals surface area (Å²) in [6.45, 7) is 4.20. The van der Waals surface area contributed by atoms with Crippen LogP contribution in [0.3, 0.4) is 0 Å². The Bertz CT molecular complexity index is 142. The predicted molar refractivity (Wildman–Crippen MR) is 61.7 cm³/mol. The number of hydrogen-bond acceptors (Lipinski definition) is 3. The molecule has 0 bridgehead atoms. The monoisotopic (exact) mass is 219 g/mol. The summed E-state index contributed by atoms with van der Waals surface area (Å²) < 4.78 is 5.16. The van der Waals surface area contributed by atoms with Gasteiger partial charge in [0.25, 0.3) is 0 Å². The number of amides is 1. The maximum absolute atomic E-state index is 11.2. The third kappa shape index (κ3) is 9.86. The second kappa shape index (κ2) is 10.9. The summed E-state index contributed by atoms with van der Waals surface area (Å²) in [5, 5.41) is 2.87. The number of carbonyl (C=O) groups excluding carboxylic acids is 1. The molecule has 0 fully saturated rings. The summed E-state index contributed by atoms with van der Waals surface area (Å²) in [6, 6.07) is 0. The van der Waals surface area contributed by atoms with Crippen molar-refractivity contribution in [3.8, 4) is 0 Å². The Labute approximate surface area is 91.0 Å². The Morgan fingerprint density at radius 3 is 2.86 bits per heavy atom. The normalized spacial score (nSPS) is 10.1. The largest absolute Gasteiger partial charge is 0.382 e. The van der Waals surface area contributed by atoms with Crippen molar-refractivity contribution in [3.63, 3.8) is 0 Å². The summed E-state index contributed by atoms with van der Waals surface area (Å²) in [5.41, 5.74) is 0. The van der Waals surface area contributed by atoms with Gasteiger partial charge in [-0.15, -0.1) is 0 Å². The van der Waals surface area contributed by atoms with E-state index < -0.39 is 0 Å². The molecule has 0 aliphatic heterocycles. The van der Waals surface area contributed by atoms with Gasteiger partial charge >= 0.3 is 0 Å². The Hall–Kier alpha value is -0.220. The smallest absolute Gasteiger partial charge is 0.220 e. The van der Waals surface area contributed by atoms with Crippen LogP contribution < -0.4 is 5.32 Å². The molecule has 0 spiro atoms. The number of ether oxygens (including phenoxy) is 1. The lowest BCUT2D eigenvalue weighted by Gasteiger charge is -2.04. The number of nitrogens with one attached hydrogen (secondary N) is 1. The lowest BCUT2D eigenvalue weighted by atomic mass is 10.3. The molecule has 0 saturated heterocycles. The Morgan fingerprint density at radius 1 is 1.43 bits per heavy atom. The Kier molecular flexibility index (Phi) is 10.7. The number of carbonyl (C=O) groups is 1. The molecule has 0 aliphatic carbocycles. The van der Waals surface area contributed by atoms with Gasteiger partial charge in [-0.05, 0) is 31.8 Å². The van der Waals surface area contributed by atoms with Crippen molar-refractivity contribution in [2.45, 2.75) is 26.2 Å². The summed E-state index contributed by atoms with van der Waals surface area (Å²) in [7, 11) is 0. The van der Waals surface area contributed by atoms with Gasteiger partial charge in [0.2, 0.25) is 5.91 Å². The van der Waals surface area contributed by atoms with Gasteiger partial charge in [-0.1, -0.05) is 0 Å². The van der Waals surface area contributed by atoms with Crippen LogP contribution in [-0.2, 0) is 9.53 Å². The molecule has 0 aromatic heterocycles. The van der Waals surface area contributed by atoms with Crippen molar-refractivity contribution < 1.29 is 9.53 Å². The molecule has 4 heteroatoms. The van der Waals surface area contributed by atoms with Gasteiger partial charge in [0.1, 0.15) is 0 Å². The molecule has 84 valence electrons. The maximum atomic E-state index is 11.2. The van der Waals surface area contributed by atoms with Crippen LogP contribution >= 0.6 is 11.8 Å². The van der Waals surface area contributed by atoms with Crippen LogP contribution in [0.1, 0.15) is 26.2 Å². The quantitative estimate of drug-likeness (QED) is 0.600. The zero-order valence-electron chi connectivity index (χ0n) is 9.17. The number of hydrogen-bond donors (Lipinski definition) is 1. The van der Waals surface area contributed by atoms with E-state index >= 15 is 0 Å². The lowest BCUT2D eigenvalue weighted by molar-refractivity contribution is -0.121. The van der Waals surface area contributed by atoms with Gasteiger partial charge in [-0.3, -0.25) is 4.79 Å². The van der Waals surface area contributed by atoms with E-state index in [9.17, 15) is 4.79 Å². The van der Waals surface area contributed by atoms with Gasteiger partial charge in [0, 0.05) is 26.2 Å². The fraction of sp³-hybridized carbons (Fsp3) is 0.900. The molecular weight excluding hydrogens is 198 g/mol. The molecule has 14 heavy (non-hydrogen) atoms. The summed E-state index contributed by atoms with van der Waals surface area (Å²) in [4.78, 5) is 11.2. The molecule has 0 aromatic rings. The molecule has 0 aliphatic rings. The molecule has 0 aromatic carbocycles. The zero-order chi connectivity index (χ0) is 10.6. The topological polar surface area (TPSA) is 38.3 Å². The Balaban J connectivity index is 3.10. The van der Waals surface area contributed by atoms with E-state index in [2.05, 4.69) is 11.6 Å². The minimum atomic E-state index is 0.163. The van der Waals surface area contributed by atoms with Crippen molar-refractivity contribution in [2.75, 3.05) is 31.8 Å². The van der Waals surface area contributed by atoms with Crippen molar-refractivity contribution in [2.24, 2.45) is 0 Å². The molecule has 0 heterocycles. The average molecular weight is 219 g/mol. The highest BCUT2D eigenvalue weighted by molar-refractivity contribution is 7.98. The van der Waals surface area contributed by atoms with Gasteiger partial charge in [0.05, 0.1) is 0 Å². The molecular formula is C10H21NO2S. The first-order valence-electron chi connectivity index (χ1n) is 5.14. The van der Waals surface area contributed by atoms with Crippen molar-refractivity contribution in [1.29, 1.82) is 0 Å². The molecule has 0 rings (SSSR count). The van der Waals surface area contributed by atoms with Crippen molar-refractivity contribution in [3.05, 3.63) is 0 Å². The van der Waals surface area contributed by atoms with E-state index in [-0.39, 0.29) is 5.91 Å². The first-order valence-corrected chi connectivity index (χ1v) is 6.54. The fourth-order valence-electron chi connectivity index (χ4n) is 1.01. The highest BCUT2D eigenvalue weighted by atomic mass is 32.2. The standard InChI is InChI=1S/C10H21NO2S/c1-3-13-8-5-7-11-10(12)6-4-9-14-2/h3-9H2,1-2H3,(H,11,12). The molecule has 3 nitrogen and oxygen atoms in total. The molecule has 0 unspecified atom stereocenters. The lowest BCUT2D eigenvalue weighted by Crippen LogP contribution is -2.25. The predicted octanol–water partition coefficient (Wildman–Crippen LogP) is 1.67. The van der Waals surface area contributed by atoms with E-state index in [0.29, 0.717) is 6.42 Å². The SMILES string of the molecule is CCOCCCNC(=O)CCCSC. The van der Waals surface area contributed by atoms with E-state index in [1.807, 2.05) is 6.92 Å². The average Bonchev–Trinajstić information content (AvgIpc) is 2.18. The fourth-order valence-corrected chi connectivity index (χ4v) is 1.44. The third-order valence-corrected chi connectivity index (χ3v) is 2.44. The summed E-state index contributed by atoms with van der Waals surface area (Å²) >= 11 is 1.78. The minimum Gasteiger partial charge on any atom is -0.382 e. The Morgan fingerprint density at radius 2 is 2.21 bits per heavy atom. The molecule has 1 amide bonds. The highest BCUT2D eigenvalue weighted by Crippen LogP contribution is 1.98. The zero-order valence-corrected chi connectivity index (χ0v) is 9.99. The van der Waals surface area contributed by atoms with Gasteiger partial charge in [-0.25, -0.2) is 0 Å². The summed E-state index contributed by atoms with van der Waals surface area (Å²) in [6.07, 6.45) is 4.58. The number of thioether (sulfide) groups is 1. The van der Waals surface area contributed by atoms with E-state index in [4.69, 9.17) is 4.74 Å². The van der Waals surface area contributed by atoms with Gasteiger partial charge < -0.3 is 10.1 Å². The van der Waals surface area contributed by atoms with Crippen LogP contribution in [0.4, 0.5) is 0 Å². The van der Waals surface area contributed by atoms with Gasteiger partial charge in [0.15, 0.2) is 0 Å².